The van der Waals surface area contributed by atoms with Gasteiger partial charge >= 0.3 is 6.61 Å². The van der Waals surface area contributed by atoms with Crippen LogP contribution < -0.4 is 4.74 Å². The Morgan fingerprint density at radius 1 is 1.13 bits per heavy atom. The van der Waals surface area contributed by atoms with E-state index in [1.165, 1.54) is 6.07 Å². The van der Waals surface area contributed by atoms with E-state index < -0.39 is 6.61 Å². The zero-order valence-corrected chi connectivity index (χ0v) is 16.5. The number of aromatic nitrogens is 6. The van der Waals surface area contributed by atoms with Gasteiger partial charge in [-0.1, -0.05) is 0 Å². The first-order valence-corrected chi connectivity index (χ1v) is 9.38. The fourth-order valence-corrected chi connectivity index (χ4v) is 3.56. The predicted octanol–water partition coefficient (Wildman–Crippen LogP) is 4.33. The number of nitrogens with zero attached hydrogens (tertiary/aromatic N) is 6. The number of pyridine rings is 1. The number of thiol groups is 1. The molecule has 1 aromatic carbocycles. The Balaban J connectivity index is 1.73. The molecule has 7 nitrogen and oxygen atoms in total. The van der Waals surface area contributed by atoms with E-state index in [1.54, 1.807) is 52.2 Å². The SMILES string of the molecule is Cc1nn(-c2cc(S)ccc2OC(F)F)c2cc(-c3cnn4cccnc34)ncc12. The molecule has 150 valence electrons. The topological polar surface area (TPSA) is 70.1 Å². The molecule has 0 aliphatic carbocycles. The van der Waals surface area contributed by atoms with E-state index in [0.717, 1.165) is 10.9 Å². The number of rotatable bonds is 4. The zero-order chi connectivity index (χ0) is 20.8. The molecule has 0 unspecified atom stereocenters. The Morgan fingerprint density at radius 3 is 2.83 bits per heavy atom. The van der Waals surface area contributed by atoms with Gasteiger partial charge in [-0.3, -0.25) is 4.98 Å². The van der Waals surface area contributed by atoms with E-state index in [-0.39, 0.29) is 5.75 Å². The van der Waals surface area contributed by atoms with E-state index in [1.807, 2.05) is 13.0 Å². The smallest absolute Gasteiger partial charge is 0.387 e. The van der Waals surface area contributed by atoms with Crippen molar-refractivity contribution in [2.45, 2.75) is 18.4 Å². The molecular formula is C20H14F2N6OS. The second kappa shape index (κ2) is 7.06. The minimum Gasteiger partial charge on any atom is -0.433 e. The summed E-state index contributed by atoms with van der Waals surface area (Å²) in [6, 6.07) is 8.28. The molecule has 30 heavy (non-hydrogen) atoms. The van der Waals surface area contributed by atoms with Gasteiger partial charge in [0.25, 0.3) is 0 Å². The van der Waals surface area contributed by atoms with Gasteiger partial charge in [0.05, 0.1) is 28.7 Å². The van der Waals surface area contributed by atoms with Gasteiger partial charge in [0.15, 0.2) is 11.4 Å². The van der Waals surface area contributed by atoms with Gasteiger partial charge in [0.2, 0.25) is 0 Å². The number of hydrogen-bond acceptors (Lipinski definition) is 6. The molecule has 0 radical (unpaired) electrons. The molecule has 4 heterocycles. The lowest BCUT2D eigenvalue weighted by Crippen LogP contribution is -2.07. The molecule has 0 N–H and O–H groups in total. The summed E-state index contributed by atoms with van der Waals surface area (Å²) in [6.07, 6.45) is 6.86. The lowest BCUT2D eigenvalue weighted by atomic mass is 10.1. The molecule has 4 aromatic heterocycles. The van der Waals surface area contributed by atoms with Crippen LogP contribution in [0.2, 0.25) is 0 Å². The van der Waals surface area contributed by atoms with Gasteiger partial charge in [0, 0.05) is 28.9 Å². The summed E-state index contributed by atoms with van der Waals surface area (Å²) >= 11 is 4.34. The molecular weight excluding hydrogens is 410 g/mol. The minimum absolute atomic E-state index is 0.00297. The van der Waals surface area contributed by atoms with E-state index in [0.29, 0.717) is 33.1 Å². The third-order valence-corrected chi connectivity index (χ3v) is 4.97. The van der Waals surface area contributed by atoms with E-state index in [2.05, 4.69) is 32.8 Å². The number of alkyl halides is 2. The molecule has 10 heteroatoms. The summed E-state index contributed by atoms with van der Waals surface area (Å²) in [4.78, 5) is 9.50. The van der Waals surface area contributed by atoms with Crippen LogP contribution in [0, 0.1) is 6.92 Å². The van der Waals surface area contributed by atoms with Crippen molar-refractivity contribution in [3.8, 4) is 22.7 Å². The minimum atomic E-state index is -2.96. The maximum Gasteiger partial charge on any atom is 0.387 e. The van der Waals surface area contributed by atoms with Crippen molar-refractivity contribution in [2.75, 3.05) is 0 Å². The summed E-state index contributed by atoms with van der Waals surface area (Å²) in [7, 11) is 0. The normalized spacial score (nSPS) is 11.6. The molecule has 0 amide bonds. The first kappa shape index (κ1) is 18.5. The number of hydrogen-bond donors (Lipinski definition) is 1. The van der Waals surface area contributed by atoms with Crippen molar-refractivity contribution in [1.82, 2.24) is 29.4 Å². The van der Waals surface area contributed by atoms with Crippen LogP contribution in [0.5, 0.6) is 5.75 Å². The molecule has 0 saturated heterocycles. The fourth-order valence-electron chi connectivity index (χ4n) is 3.36. The van der Waals surface area contributed by atoms with Gasteiger partial charge in [-0.15, -0.1) is 12.6 Å². The lowest BCUT2D eigenvalue weighted by Gasteiger charge is -2.12. The summed E-state index contributed by atoms with van der Waals surface area (Å²) in [5, 5.41) is 9.62. The number of benzene rings is 1. The highest BCUT2D eigenvalue weighted by atomic mass is 32.1. The van der Waals surface area contributed by atoms with Crippen molar-refractivity contribution in [3.05, 3.63) is 60.8 Å². The highest BCUT2D eigenvalue weighted by Gasteiger charge is 2.18. The molecule has 0 aliphatic rings. The van der Waals surface area contributed by atoms with Crippen molar-refractivity contribution < 1.29 is 13.5 Å². The van der Waals surface area contributed by atoms with Crippen LogP contribution in [0.1, 0.15) is 5.69 Å². The van der Waals surface area contributed by atoms with Crippen LogP contribution in [0.3, 0.4) is 0 Å². The summed E-state index contributed by atoms with van der Waals surface area (Å²) in [6.45, 7) is -1.13. The quantitative estimate of drug-likeness (QED) is 0.435. The first-order chi connectivity index (χ1) is 14.5. The van der Waals surface area contributed by atoms with Crippen LogP contribution in [-0.2, 0) is 0 Å². The molecule has 0 fully saturated rings. The fraction of sp³-hybridized carbons (Fsp3) is 0.100. The summed E-state index contributed by atoms with van der Waals surface area (Å²) < 4.78 is 33.8. The van der Waals surface area contributed by atoms with E-state index >= 15 is 0 Å². The second-order valence-electron chi connectivity index (χ2n) is 6.56. The van der Waals surface area contributed by atoms with Crippen LogP contribution in [0.4, 0.5) is 8.78 Å². The third kappa shape index (κ3) is 3.05. The molecule has 5 rings (SSSR count). The molecule has 0 aliphatic heterocycles. The molecule has 0 bridgehead atoms. The Morgan fingerprint density at radius 2 is 2.00 bits per heavy atom. The highest BCUT2D eigenvalue weighted by molar-refractivity contribution is 7.80. The van der Waals surface area contributed by atoms with Crippen LogP contribution in [0.25, 0.3) is 33.5 Å². The average molecular weight is 424 g/mol. The number of fused-ring (bicyclic) bond motifs is 2. The predicted molar refractivity (Wildman–Crippen MR) is 109 cm³/mol. The standard InChI is InChI=1S/C20H14F2N6OS/c1-11-13-9-24-15(14-10-25-27-6-2-5-23-19(14)27)8-16(13)28(26-11)17-7-12(30)3-4-18(17)29-20(21)22/h2-10,20,30H,1H3. The van der Waals surface area contributed by atoms with Gasteiger partial charge in [-0.25, -0.2) is 14.2 Å². The summed E-state index contributed by atoms with van der Waals surface area (Å²) in [5.74, 6) is 0.00297. The molecule has 0 saturated carbocycles. The Labute approximate surface area is 174 Å². The summed E-state index contributed by atoms with van der Waals surface area (Å²) in [5.41, 5.74) is 3.79. The lowest BCUT2D eigenvalue weighted by molar-refractivity contribution is -0.0499. The van der Waals surface area contributed by atoms with Crippen molar-refractivity contribution in [1.29, 1.82) is 0 Å². The Hall–Kier alpha value is -3.53. The second-order valence-corrected chi connectivity index (χ2v) is 7.08. The van der Waals surface area contributed by atoms with E-state index in [9.17, 15) is 8.78 Å². The molecule has 0 spiro atoms. The van der Waals surface area contributed by atoms with Gasteiger partial charge < -0.3 is 4.74 Å². The van der Waals surface area contributed by atoms with Crippen molar-refractivity contribution in [2.24, 2.45) is 0 Å². The Bertz CT molecular complexity index is 1400. The van der Waals surface area contributed by atoms with Crippen LogP contribution >= 0.6 is 12.6 Å². The van der Waals surface area contributed by atoms with Crippen LogP contribution in [0.15, 0.2) is 60.0 Å². The maximum atomic E-state index is 12.9. The molecule has 0 atom stereocenters. The van der Waals surface area contributed by atoms with Gasteiger partial charge in [0.1, 0.15) is 5.69 Å². The van der Waals surface area contributed by atoms with Crippen molar-refractivity contribution >= 4 is 29.2 Å². The largest absolute Gasteiger partial charge is 0.433 e. The number of aryl methyl sites for hydroxylation is 1. The van der Waals surface area contributed by atoms with Crippen LogP contribution in [-0.4, -0.2) is 36.0 Å². The van der Waals surface area contributed by atoms with Crippen molar-refractivity contribution in [3.63, 3.8) is 0 Å². The number of ether oxygens (including phenoxy) is 1. The monoisotopic (exact) mass is 424 g/mol. The number of halogens is 2. The first-order valence-electron chi connectivity index (χ1n) is 8.93. The van der Waals surface area contributed by atoms with Gasteiger partial charge in [-0.2, -0.15) is 19.0 Å². The maximum absolute atomic E-state index is 12.9. The highest BCUT2D eigenvalue weighted by Crippen LogP contribution is 2.32. The third-order valence-electron chi connectivity index (χ3n) is 4.69. The van der Waals surface area contributed by atoms with E-state index in [4.69, 9.17) is 4.74 Å². The molecule has 5 aromatic rings. The average Bonchev–Trinajstić information content (AvgIpc) is 3.30. The Kier molecular flexibility index (Phi) is 4.35. The van der Waals surface area contributed by atoms with Gasteiger partial charge in [-0.05, 0) is 37.3 Å². The zero-order valence-electron chi connectivity index (χ0n) is 15.6.